The predicted octanol–water partition coefficient (Wildman–Crippen LogP) is 2.42. The van der Waals surface area contributed by atoms with Crippen molar-refractivity contribution in [2.24, 2.45) is 0 Å². The van der Waals surface area contributed by atoms with Gasteiger partial charge in [0.05, 0.1) is 24.2 Å². The first-order valence-corrected chi connectivity index (χ1v) is 11.6. The summed E-state index contributed by atoms with van der Waals surface area (Å²) in [5.74, 6) is 0.612. The van der Waals surface area contributed by atoms with Gasteiger partial charge in [-0.15, -0.1) is 0 Å². The number of nitrogens with one attached hydrogen (secondary N) is 1. The highest BCUT2D eigenvalue weighted by Crippen LogP contribution is 2.26. The van der Waals surface area contributed by atoms with Crippen LogP contribution in [-0.2, 0) is 16.6 Å². The Bertz CT molecular complexity index is 1300. The van der Waals surface area contributed by atoms with E-state index in [9.17, 15) is 13.5 Å². The van der Waals surface area contributed by atoms with Crippen molar-refractivity contribution in [3.8, 4) is 5.75 Å². The van der Waals surface area contributed by atoms with Crippen LogP contribution in [0.5, 0.6) is 5.75 Å². The Balaban J connectivity index is 1.65. The average molecular weight is 454 g/mol. The number of aliphatic hydroxyl groups excluding tert-OH is 1. The van der Waals surface area contributed by atoms with E-state index in [0.29, 0.717) is 11.4 Å². The lowest BCUT2D eigenvalue weighted by Crippen LogP contribution is -2.47. The van der Waals surface area contributed by atoms with Gasteiger partial charge in [-0.1, -0.05) is 35.0 Å². The quantitative estimate of drug-likeness (QED) is 0.399. The van der Waals surface area contributed by atoms with Gasteiger partial charge in [0.15, 0.2) is 0 Å². The molecule has 0 fully saturated rings. The smallest absolute Gasteiger partial charge is 0.264 e. The standard InChI is InChI=1S/C23H24N4O4S/c1-17-7-13-21(14-8-17)32(29,30)27(18-9-11-20(31-2)12-10-18)16-19(28)15-26-23-6-4-3-5-22(23)24-25-26/h3-14,19,28H,15-16H2,1-2H3/p+1. The van der Waals surface area contributed by atoms with E-state index in [-0.39, 0.29) is 18.0 Å². The summed E-state index contributed by atoms with van der Waals surface area (Å²) in [6.45, 7) is 1.91. The SMILES string of the molecule is COc1ccc(N(CC(O)C[n+]2[nH]nc3ccccc32)S(=O)(=O)c2ccc(C)cc2)cc1. The highest BCUT2D eigenvalue weighted by molar-refractivity contribution is 7.92. The van der Waals surface area contributed by atoms with Crippen molar-refractivity contribution in [2.75, 3.05) is 18.0 Å². The van der Waals surface area contributed by atoms with Crippen LogP contribution in [0.3, 0.4) is 0 Å². The van der Waals surface area contributed by atoms with Gasteiger partial charge in [-0.05, 0) is 55.5 Å². The van der Waals surface area contributed by atoms with E-state index >= 15 is 0 Å². The number of sulfonamides is 1. The first-order chi connectivity index (χ1) is 15.4. The fourth-order valence-corrected chi connectivity index (χ4v) is 4.98. The summed E-state index contributed by atoms with van der Waals surface area (Å²) in [7, 11) is -2.36. The Labute approximate surface area is 186 Å². The Morgan fingerprint density at radius 1 is 1.06 bits per heavy atom. The molecule has 1 atom stereocenters. The number of hydrogen-bond acceptors (Lipinski definition) is 5. The van der Waals surface area contributed by atoms with Crippen LogP contribution in [-0.4, -0.2) is 43.6 Å². The molecule has 0 spiro atoms. The molecule has 8 nitrogen and oxygen atoms in total. The second-order valence-electron chi connectivity index (χ2n) is 7.51. The average Bonchev–Trinajstić information content (AvgIpc) is 3.20. The van der Waals surface area contributed by atoms with Crippen LogP contribution in [0.15, 0.2) is 77.7 Å². The first kappa shape index (κ1) is 21.8. The third-order valence-corrected chi connectivity index (χ3v) is 7.01. The summed E-state index contributed by atoms with van der Waals surface area (Å²) in [6, 6.07) is 20.9. The van der Waals surface area contributed by atoms with E-state index in [0.717, 1.165) is 16.6 Å². The number of fused-ring (bicyclic) bond motifs is 1. The van der Waals surface area contributed by atoms with Crippen LogP contribution < -0.4 is 13.7 Å². The number of aliphatic hydroxyl groups is 1. The number of aromatic amines is 1. The summed E-state index contributed by atoms with van der Waals surface area (Å²) >= 11 is 0. The summed E-state index contributed by atoms with van der Waals surface area (Å²) < 4.78 is 35.1. The van der Waals surface area contributed by atoms with Crippen molar-refractivity contribution in [3.05, 3.63) is 78.4 Å². The molecule has 166 valence electrons. The molecule has 2 N–H and O–H groups in total. The number of aryl methyl sites for hydroxylation is 1. The number of benzene rings is 3. The zero-order chi connectivity index (χ0) is 22.7. The van der Waals surface area contributed by atoms with Gasteiger partial charge in [0, 0.05) is 5.10 Å². The van der Waals surface area contributed by atoms with Gasteiger partial charge in [-0.2, -0.15) is 4.68 Å². The van der Waals surface area contributed by atoms with Gasteiger partial charge < -0.3 is 9.84 Å². The molecule has 1 heterocycles. The molecule has 32 heavy (non-hydrogen) atoms. The van der Waals surface area contributed by atoms with Gasteiger partial charge in [-0.25, -0.2) is 8.42 Å². The maximum Gasteiger partial charge on any atom is 0.264 e. The van der Waals surface area contributed by atoms with E-state index in [1.807, 2.05) is 31.2 Å². The molecule has 0 saturated carbocycles. The normalized spacial score (nSPS) is 12.6. The number of methoxy groups -OCH3 is 1. The minimum atomic E-state index is -3.91. The van der Waals surface area contributed by atoms with Crippen LogP contribution in [0, 0.1) is 6.92 Å². The van der Waals surface area contributed by atoms with Crippen molar-refractivity contribution in [3.63, 3.8) is 0 Å². The van der Waals surface area contributed by atoms with E-state index in [1.54, 1.807) is 60.3 Å². The lowest BCUT2D eigenvalue weighted by atomic mass is 10.2. The Hall–Kier alpha value is -3.43. The first-order valence-electron chi connectivity index (χ1n) is 10.1. The Morgan fingerprint density at radius 2 is 1.75 bits per heavy atom. The zero-order valence-corrected chi connectivity index (χ0v) is 18.7. The monoisotopic (exact) mass is 453 g/mol. The van der Waals surface area contributed by atoms with Crippen molar-refractivity contribution in [2.45, 2.75) is 24.5 Å². The number of ether oxygens (including phenoxy) is 1. The summed E-state index contributed by atoms with van der Waals surface area (Å²) in [5.41, 5.74) is 2.98. The molecular weight excluding hydrogens is 428 g/mol. The maximum atomic E-state index is 13.5. The van der Waals surface area contributed by atoms with Gasteiger partial charge in [0.1, 0.15) is 18.4 Å². The van der Waals surface area contributed by atoms with Crippen molar-refractivity contribution in [1.29, 1.82) is 0 Å². The molecule has 0 amide bonds. The molecule has 1 aromatic heterocycles. The lowest BCUT2D eigenvalue weighted by molar-refractivity contribution is -0.736. The van der Waals surface area contributed by atoms with Crippen LogP contribution in [0.1, 0.15) is 5.56 Å². The molecular formula is C23H25N4O4S+. The second kappa shape index (κ2) is 8.97. The van der Waals surface area contributed by atoms with Crippen LogP contribution >= 0.6 is 0 Å². The minimum absolute atomic E-state index is 0.136. The van der Waals surface area contributed by atoms with Crippen molar-refractivity contribution >= 4 is 26.7 Å². The van der Waals surface area contributed by atoms with Crippen LogP contribution in [0.25, 0.3) is 11.0 Å². The predicted molar refractivity (Wildman–Crippen MR) is 121 cm³/mol. The number of H-pyrrole nitrogens is 1. The number of para-hydroxylation sites is 2. The molecule has 0 radical (unpaired) electrons. The number of aromatic nitrogens is 3. The lowest BCUT2D eigenvalue weighted by Gasteiger charge is -2.26. The van der Waals surface area contributed by atoms with Crippen LogP contribution in [0.4, 0.5) is 5.69 Å². The van der Waals surface area contributed by atoms with E-state index in [4.69, 9.17) is 4.74 Å². The van der Waals surface area contributed by atoms with E-state index in [1.165, 1.54) is 4.31 Å². The highest BCUT2D eigenvalue weighted by atomic mass is 32.2. The third kappa shape index (κ3) is 4.44. The second-order valence-corrected chi connectivity index (χ2v) is 9.37. The molecule has 0 aliphatic heterocycles. The summed E-state index contributed by atoms with van der Waals surface area (Å²) in [5, 5.41) is 18.0. The molecule has 3 aromatic carbocycles. The van der Waals surface area contributed by atoms with Crippen molar-refractivity contribution in [1.82, 2.24) is 10.3 Å². The highest BCUT2D eigenvalue weighted by Gasteiger charge is 2.28. The van der Waals surface area contributed by atoms with Crippen LogP contribution in [0.2, 0.25) is 0 Å². The molecule has 1 unspecified atom stereocenters. The fraction of sp³-hybridized carbons (Fsp3) is 0.217. The van der Waals surface area contributed by atoms with Gasteiger partial charge in [-0.3, -0.25) is 4.31 Å². The fourth-order valence-electron chi connectivity index (χ4n) is 3.48. The largest absolute Gasteiger partial charge is 0.497 e. The summed E-state index contributed by atoms with van der Waals surface area (Å²) in [6.07, 6.45) is -0.994. The molecule has 4 aromatic rings. The Morgan fingerprint density at radius 3 is 2.44 bits per heavy atom. The zero-order valence-electron chi connectivity index (χ0n) is 17.8. The summed E-state index contributed by atoms with van der Waals surface area (Å²) in [4.78, 5) is 0.158. The molecule has 0 saturated heterocycles. The molecule has 4 rings (SSSR count). The number of nitrogens with zero attached hydrogens (tertiary/aromatic N) is 3. The molecule has 0 aliphatic rings. The van der Waals surface area contributed by atoms with E-state index < -0.39 is 16.1 Å². The van der Waals surface area contributed by atoms with E-state index in [2.05, 4.69) is 10.3 Å². The van der Waals surface area contributed by atoms with Gasteiger partial charge >= 0.3 is 0 Å². The Kier molecular flexibility index (Phi) is 6.11. The van der Waals surface area contributed by atoms with Crippen molar-refractivity contribution < 1.29 is 22.9 Å². The van der Waals surface area contributed by atoms with Gasteiger partial charge in [0.25, 0.3) is 10.0 Å². The topological polar surface area (TPSA) is 99.4 Å². The molecule has 0 aliphatic carbocycles. The number of hydrogen-bond donors (Lipinski definition) is 2. The minimum Gasteiger partial charge on any atom is -0.497 e. The number of rotatable bonds is 8. The molecule has 0 bridgehead atoms. The third-order valence-electron chi connectivity index (χ3n) is 5.20. The maximum absolute atomic E-state index is 13.5. The molecule has 9 heteroatoms. The van der Waals surface area contributed by atoms with Gasteiger partial charge in [0.2, 0.25) is 11.0 Å². The number of anilines is 1.